The summed E-state index contributed by atoms with van der Waals surface area (Å²) in [4.78, 5) is 17.3. The lowest BCUT2D eigenvalue weighted by molar-refractivity contribution is 0.102. The molecule has 0 saturated carbocycles. The lowest BCUT2D eigenvalue weighted by atomic mass is 10.2. The van der Waals surface area contributed by atoms with Crippen LogP contribution < -0.4 is 14.8 Å². The minimum Gasteiger partial charge on any atom is -0.496 e. The molecule has 0 unspecified atom stereocenters. The average Bonchev–Trinajstić information content (AvgIpc) is 3.19. The molecule has 0 spiro atoms. The van der Waals surface area contributed by atoms with E-state index in [4.69, 9.17) is 9.47 Å². The highest BCUT2D eigenvalue weighted by molar-refractivity contribution is 8.01. The zero-order chi connectivity index (χ0) is 20.8. The number of nitrogens with zero attached hydrogens (tertiary/aromatic N) is 1. The van der Waals surface area contributed by atoms with Crippen LogP contribution in [0.3, 0.4) is 0 Å². The number of thiazole rings is 1. The van der Waals surface area contributed by atoms with Crippen LogP contribution in [-0.4, -0.2) is 30.4 Å². The maximum absolute atomic E-state index is 12.6. The molecule has 152 valence electrons. The first-order valence-corrected chi connectivity index (χ1v) is 11.2. The number of fused-ring (bicyclic) bond motifs is 1. The van der Waals surface area contributed by atoms with Crippen molar-refractivity contribution in [1.29, 1.82) is 0 Å². The summed E-state index contributed by atoms with van der Waals surface area (Å²) in [7, 11) is 1.56. The molecule has 0 radical (unpaired) electrons. The second-order valence-corrected chi connectivity index (χ2v) is 8.70. The monoisotopic (exact) mass is 436 g/mol. The fourth-order valence-corrected chi connectivity index (χ4v) is 4.87. The third kappa shape index (κ3) is 4.93. The van der Waals surface area contributed by atoms with Gasteiger partial charge in [-0.3, -0.25) is 4.79 Å². The summed E-state index contributed by atoms with van der Waals surface area (Å²) >= 11 is 3.27. The summed E-state index contributed by atoms with van der Waals surface area (Å²) in [5, 5.41) is 2.94. The number of methoxy groups -OCH3 is 1. The molecule has 30 heavy (non-hydrogen) atoms. The second-order valence-electron chi connectivity index (χ2n) is 6.33. The van der Waals surface area contributed by atoms with Crippen LogP contribution in [0.5, 0.6) is 11.5 Å². The van der Waals surface area contributed by atoms with Crippen molar-refractivity contribution in [3.05, 3.63) is 78.4 Å². The molecule has 1 heterocycles. The van der Waals surface area contributed by atoms with Crippen molar-refractivity contribution >= 4 is 44.9 Å². The van der Waals surface area contributed by atoms with Gasteiger partial charge in [-0.25, -0.2) is 4.98 Å². The summed E-state index contributed by atoms with van der Waals surface area (Å²) in [5.74, 6) is 2.03. The number of ether oxygens (including phenoxy) is 2. The number of nitrogens with one attached hydrogen (secondary N) is 1. The number of para-hydroxylation sites is 2. The molecule has 0 saturated heterocycles. The van der Waals surface area contributed by atoms with Crippen molar-refractivity contribution in [2.24, 2.45) is 0 Å². The van der Waals surface area contributed by atoms with Gasteiger partial charge in [-0.1, -0.05) is 42.1 Å². The molecule has 0 aliphatic heterocycles. The van der Waals surface area contributed by atoms with Gasteiger partial charge < -0.3 is 14.8 Å². The van der Waals surface area contributed by atoms with Crippen molar-refractivity contribution in [3.8, 4) is 11.5 Å². The van der Waals surface area contributed by atoms with Gasteiger partial charge in [0.1, 0.15) is 11.5 Å². The summed E-state index contributed by atoms with van der Waals surface area (Å²) < 4.78 is 13.0. The number of carbonyl (C=O) groups is 1. The Morgan fingerprint density at radius 2 is 1.87 bits per heavy atom. The lowest BCUT2D eigenvalue weighted by Crippen LogP contribution is -2.12. The van der Waals surface area contributed by atoms with Gasteiger partial charge in [-0.2, -0.15) is 0 Å². The van der Waals surface area contributed by atoms with E-state index in [2.05, 4.69) is 10.3 Å². The molecule has 1 amide bonds. The van der Waals surface area contributed by atoms with E-state index in [1.807, 2.05) is 60.7 Å². The minimum absolute atomic E-state index is 0.205. The second kappa shape index (κ2) is 9.65. The molecule has 4 aromatic rings. The van der Waals surface area contributed by atoms with Crippen molar-refractivity contribution in [2.45, 2.75) is 4.34 Å². The van der Waals surface area contributed by atoms with Crippen LogP contribution in [0.15, 0.2) is 77.1 Å². The normalized spacial score (nSPS) is 10.7. The van der Waals surface area contributed by atoms with E-state index in [0.29, 0.717) is 17.9 Å². The van der Waals surface area contributed by atoms with E-state index in [0.717, 1.165) is 31.7 Å². The van der Waals surface area contributed by atoms with Crippen LogP contribution >= 0.6 is 23.1 Å². The van der Waals surface area contributed by atoms with Gasteiger partial charge in [-0.05, 0) is 42.5 Å². The zero-order valence-corrected chi connectivity index (χ0v) is 18.0. The van der Waals surface area contributed by atoms with Crippen LogP contribution in [-0.2, 0) is 0 Å². The molecule has 1 N–H and O–H groups in total. The minimum atomic E-state index is -0.205. The summed E-state index contributed by atoms with van der Waals surface area (Å²) in [6.07, 6.45) is 0. The maximum atomic E-state index is 12.6. The van der Waals surface area contributed by atoms with E-state index in [9.17, 15) is 4.79 Å². The molecule has 4 rings (SSSR count). The summed E-state index contributed by atoms with van der Waals surface area (Å²) in [5.41, 5.74) is 2.15. The molecule has 7 heteroatoms. The predicted octanol–water partition coefficient (Wildman–Crippen LogP) is 5.73. The Labute approximate surface area is 183 Å². The first-order chi connectivity index (χ1) is 14.7. The number of anilines is 1. The van der Waals surface area contributed by atoms with E-state index in [-0.39, 0.29) is 5.91 Å². The van der Waals surface area contributed by atoms with Crippen molar-refractivity contribution < 1.29 is 14.3 Å². The van der Waals surface area contributed by atoms with E-state index >= 15 is 0 Å². The SMILES string of the molecule is COc1ccccc1C(=O)Nc1ccc2nc(SCCOc3ccccc3)sc2c1. The Morgan fingerprint density at radius 1 is 1.07 bits per heavy atom. The van der Waals surface area contributed by atoms with Crippen molar-refractivity contribution in [3.63, 3.8) is 0 Å². The zero-order valence-electron chi connectivity index (χ0n) is 16.3. The van der Waals surface area contributed by atoms with Gasteiger partial charge in [-0.15, -0.1) is 11.3 Å². The number of aromatic nitrogens is 1. The molecular weight excluding hydrogens is 416 g/mol. The smallest absolute Gasteiger partial charge is 0.259 e. The van der Waals surface area contributed by atoms with Gasteiger partial charge in [0.05, 0.1) is 29.5 Å². The number of hydrogen-bond acceptors (Lipinski definition) is 6. The first kappa shape index (κ1) is 20.3. The molecule has 3 aromatic carbocycles. The van der Waals surface area contributed by atoms with Gasteiger partial charge in [0.25, 0.3) is 5.91 Å². The topological polar surface area (TPSA) is 60.5 Å². The van der Waals surface area contributed by atoms with Gasteiger partial charge in [0.15, 0.2) is 4.34 Å². The number of hydrogen-bond donors (Lipinski definition) is 1. The maximum Gasteiger partial charge on any atom is 0.259 e. The number of thioether (sulfide) groups is 1. The van der Waals surface area contributed by atoms with Crippen LogP contribution in [0.2, 0.25) is 0 Å². The number of amides is 1. The Balaban J connectivity index is 1.38. The predicted molar refractivity (Wildman–Crippen MR) is 123 cm³/mol. The van der Waals surface area contributed by atoms with Crippen LogP contribution in [0.4, 0.5) is 5.69 Å². The Morgan fingerprint density at radius 3 is 2.70 bits per heavy atom. The highest BCUT2D eigenvalue weighted by atomic mass is 32.2. The first-order valence-electron chi connectivity index (χ1n) is 9.38. The average molecular weight is 437 g/mol. The highest BCUT2D eigenvalue weighted by Gasteiger charge is 2.12. The van der Waals surface area contributed by atoms with Gasteiger partial charge >= 0.3 is 0 Å². The quantitative estimate of drug-likeness (QED) is 0.282. The third-order valence-electron chi connectivity index (χ3n) is 4.30. The van der Waals surface area contributed by atoms with Crippen molar-refractivity contribution in [2.75, 3.05) is 24.8 Å². The highest BCUT2D eigenvalue weighted by Crippen LogP contribution is 2.31. The molecular formula is C23H20N2O3S2. The Bertz CT molecular complexity index is 1150. The molecule has 0 aliphatic rings. The van der Waals surface area contributed by atoms with Crippen LogP contribution in [0, 0.1) is 0 Å². The molecule has 0 atom stereocenters. The summed E-state index contributed by atoms with van der Waals surface area (Å²) in [6, 6.07) is 22.7. The Hall–Kier alpha value is -3.03. The number of carbonyl (C=O) groups excluding carboxylic acids is 1. The number of benzene rings is 3. The fraction of sp³-hybridized carbons (Fsp3) is 0.130. The Kier molecular flexibility index (Phi) is 6.51. The molecule has 0 bridgehead atoms. The number of rotatable bonds is 8. The van der Waals surface area contributed by atoms with E-state index in [1.54, 1.807) is 42.3 Å². The molecule has 0 aliphatic carbocycles. The lowest BCUT2D eigenvalue weighted by Gasteiger charge is -2.09. The molecule has 1 aromatic heterocycles. The van der Waals surface area contributed by atoms with E-state index in [1.165, 1.54) is 0 Å². The van der Waals surface area contributed by atoms with Gasteiger partial charge in [0.2, 0.25) is 0 Å². The largest absolute Gasteiger partial charge is 0.496 e. The summed E-state index contributed by atoms with van der Waals surface area (Å²) in [6.45, 7) is 0.616. The van der Waals surface area contributed by atoms with Gasteiger partial charge in [0, 0.05) is 11.4 Å². The molecule has 0 fully saturated rings. The van der Waals surface area contributed by atoms with E-state index < -0.39 is 0 Å². The van der Waals surface area contributed by atoms with Crippen molar-refractivity contribution in [1.82, 2.24) is 4.98 Å². The van der Waals surface area contributed by atoms with Crippen LogP contribution in [0.1, 0.15) is 10.4 Å². The standard InChI is InChI=1S/C23H20N2O3S2/c1-27-20-10-6-5-9-18(20)22(26)24-16-11-12-19-21(15-16)30-23(25-19)29-14-13-28-17-7-3-2-4-8-17/h2-12,15H,13-14H2,1H3,(H,24,26). The fourth-order valence-electron chi connectivity index (χ4n) is 2.88. The third-order valence-corrected chi connectivity index (χ3v) is 6.42. The molecule has 5 nitrogen and oxygen atoms in total. The van der Waals surface area contributed by atoms with Crippen LogP contribution in [0.25, 0.3) is 10.2 Å².